The van der Waals surface area contributed by atoms with E-state index < -0.39 is 24.4 Å². The number of ether oxygens (including phenoxy) is 2. The molecular weight excluding hydrogens is 426 g/mol. The summed E-state index contributed by atoms with van der Waals surface area (Å²) in [5.74, 6) is -1.53. The lowest BCUT2D eigenvalue weighted by atomic mass is 10.1. The minimum atomic E-state index is -1.14. The van der Waals surface area contributed by atoms with Gasteiger partial charge in [0.25, 0.3) is 5.91 Å². The van der Waals surface area contributed by atoms with E-state index in [0.29, 0.717) is 28.4 Å². The SMILES string of the molecule is CCOc1cc(/C=C2\SC(=S)N(CC(=O)O)C2=O)ccc1OC(=O)c1ccccc1. The number of carboxylic acids is 1. The Morgan fingerprint density at radius 3 is 2.57 bits per heavy atom. The molecule has 2 aromatic rings. The molecule has 1 heterocycles. The van der Waals surface area contributed by atoms with Gasteiger partial charge >= 0.3 is 11.9 Å². The molecule has 0 radical (unpaired) electrons. The van der Waals surface area contributed by atoms with Crippen LogP contribution in [0.3, 0.4) is 0 Å². The van der Waals surface area contributed by atoms with Crippen LogP contribution in [0.1, 0.15) is 22.8 Å². The van der Waals surface area contributed by atoms with Gasteiger partial charge in [-0.05, 0) is 42.8 Å². The van der Waals surface area contributed by atoms with Gasteiger partial charge in [0.15, 0.2) is 11.5 Å². The first-order valence-electron chi connectivity index (χ1n) is 8.90. The van der Waals surface area contributed by atoms with E-state index >= 15 is 0 Å². The molecular formula is C21H17NO6S2. The lowest BCUT2D eigenvalue weighted by Crippen LogP contribution is -2.33. The van der Waals surface area contributed by atoms with E-state index in [9.17, 15) is 14.4 Å². The van der Waals surface area contributed by atoms with Crippen LogP contribution in [0.15, 0.2) is 53.4 Å². The van der Waals surface area contributed by atoms with E-state index in [1.807, 2.05) is 0 Å². The number of nitrogens with zero attached hydrogens (tertiary/aromatic N) is 1. The number of amides is 1. The zero-order valence-electron chi connectivity index (χ0n) is 15.9. The first kappa shape index (κ1) is 21.5. The minimum absolute atomic E-state index is 0.187. The number of carboxylic acid groups (broad SMARTS) is 1. The third-order valence-electron chi connectivity index (χ3n) is 3.94. The molecule has 0 aromatic heterocycles. The Balaban J connectivity index is 1.84. The van der Waals surface area contributed by atoms with Crippen molar-refractivity contribution in [1.29, 1.82) is 0 Å². The second-order valence-electron chi connectivity index (χ2n) is 6.06. The summed E-state index contributed by atoms with van der Waals surface area (Å²) in [5, 5.41) is 8.93. The first-order valence-corrected chi connectivity index (χ1v) is 10.1. The number of aliphatic carboxylic acids is 1. The fourth-order valence-corrected chi connectivity index (χ4v) is 3.88. The van der Waals surface area contributed by atoms with Crippen molar-refractivity contribution < 1.29 is 29.0 Å². The molecule has 2 aromatic carbocycles. The van der Waals surface area contributed by atoms with Gasteiger partial charge in [-0.1, -0.05) is 48.2 Å². The van der Waals surface area contributed by atoms with Crippen molar-refractivity contribution in [3.8, 4) is 11.5 Å². The fourth-order valence-electron chi connectivity index (χ4n) is 2.62. The highest BCUT2D eigenvalue weighted by Crippen LogP contribution is 2.35. The van der Waals surface area contributed by atoms with Crippen LogP contribution in [0.25, 0.3) is 6.08 Å². The maximum absolute atomic E-state index is 12.4. The molecule has 0 unspecified atom stereocenters. The average Bonchev–Trinajstić information content (AvgIpc) is 2.97. The zero-order chi connectivity index (χ0) is 21.7. The number of benzene rings is 2. The molecule has 1 saturated heterocycles. The Kier molecular flexibility index (Phi) is 6.86. The molecule has 1 aliphatic rings. The molecule has 1 amide bonds. The van der Waals surface area contributed by atoms with Gasteiger partial charge in [-0.2, -0.15) is 0 Å². The second-order valence-corrected chi connectivity index (χ2v) is 7.73. The molecule has 1 aliphatic heterocycles. The van der Waals surface area contributed by atoms with Crippen molar-refractivity contribution in [1.82, 2.24) is 4.90 Å². The van der Waals surface area contributed by atoms with Crippen LogP contribution >= 0.6 is 24.0 Å². The quantitative estimate of drug-likeness (QED) is 0.300. The number of hydrogen-bond donors (Lipinski definition) is 1. The molecule has 0 spiro atoms. The van der Waals surface area contributed by atoms with E-state index in [4.69, 9.17) is 26.8 Å². The van der Waals surface area contributed by atoms with Gasteiger partial charge in [0.1, 0.15) is 10.9 Å². The van der Waals surface area contributed by atoms with Gasteiger partial charge in [0.05, 0.1) is 17.1 Å². The number of hydrogen-bond acceptors (Lipinski definition) is 7. The highest BCUT2D eigenvalue weighted by Gasteiger charge is 2.33. The Hall–Kier alpha value is -3.17. The molecule has 0 atom stereocenters. The van der Waals surface area contributed by atoms with Crippen LogP contribution in [0.4, 0.5) is 0 Å². The summed E-state index contributed by atoms with van der Waals surface area (Å²) in [6.07, 6.45) is 1.59. The Morgan fingerprint density at radius 2 is 1.90 bits per heavy atom. The summed E-state index contributed by atoms with van der Waals surface area (Å²) in [6, 6.07) is 13.5. The van der Waals surface area contributed by atoms with Gasteiger partial charge in [-0.3, -0.25) is 14.5 Å². The number of carbonyl (C=O) groups excluding carboxylic acids is 2. The molecule has 3 rings (SSSR count). The van der Waals surface area contributed by atoms with E-state index in [2.05, 4.69) is 0 Å². The Bertz CT molecular complexity index is 1040. The number of rotatable bonds is 7. The summed E-state index contributed by atoms with van der Waals surface area (Å²) in [7, 11) is 0. The van der Waals surface area contributed by atoms with Crippen molar-refractivity contribution in [2.45, 2.75) is 6.92 Å². The van der Waals surface area contributed by atoms with E-state index in [0.717, 1.165) is 16.7 Å². The number of esters is 1. The van der Waals surface area contributed by atoms with Crippen LogP contribution in [0, 0.1) is 0 Å². The third-order valence-corrected chi connectivity index (χ3v) is 5.32. The summed E-state index contributed by atoms with van der Waals surface area (Å²) >= 11 is 6.12. The normalized spacial score (nSPS) is 14.8. The number of thiocarbonyl (C=S) groups is 1. The maximum Gasteiger partial charge on any atom is 0.343 e. The fraction of sp³-hybridized carbons (Fsp3) is 0.143. The van der Waals surface area contributed by atoms with Gasteiger partial charge < -0.3 is 14.6 Å². The Morgan fingerprint density at radius 1 is 1.17 bits per heavy atom. The van der Waals surface area contributed by atoms with Crippen LogP contribution in [-0.2, 0) is 9.59 Å². The monoisotopic (exact) mass is 443 g/mol. The smallest absolute Gasteiger partial charge is 0.343 e. The molecule has 1 fully saturated rings. The summed E-state index contributed by atoms with van der Waals surface area (Å²) < 4.78 is 11.2. The number of thioether (sulfide) groups is 1. The largest absolute Gasteiger partial charge is 0.490 e. The van der Waals surface area contributed by atoms with Crippen molar-refractivity contribution in [3.63, 3.8) is 0 Å². The standard InChI is InChI=1S/C21H17NO6S2/c1-2-27-16-10-13(11-17-19(25)22(12-18(23)24)21(29)30-17)8-9-15(16)28-20(26)14-6-4-3-5-7-14/h3-11H,2,12H2,1H3,(H,23,24)/b17-11-. The maximum atomic E-state index is 12.4. The predicted octanol–water partition coefficient (Wildman–Crippen LogP) is 3.59. The third kappa shape index (κ3) is 5.05. The molecule has 0 aliphatic carbocycles. The van der Waals surface area contributed by atoms with Crippen LogP contribution < -0.4 is 9.47 Å². The minimum Gasteiger partial charge on any atom is -0.490 e. The molecule has 1 N–H and O–H groups in total. The first-order chi connectivity index (χ1) is 14.4. The van der Waals surface area contributed by atoms with E-state index in [1.54, 1.807) is 61.5 Å². The lowest BCUT2D eigenvalue weighted by molar-refractivity contribution is -0.140. The predicted molar refractivity (Wildman–Crippen MR) is 117 cm³/mol. The Labute approximate surface area is 182 Å². The summed E-state index contributed by atoms with van der Waals surface area (Å²) in [6.45, 7) is 1.66. The van der Waals surface area contributed by atoms with Gasteiger partial charge in [0.2, 0.25) is 0 Å². The molecule has 7 nitrogen and oxygen atoms in total. The van der Waals surface area contributed by atoms with Crippen molar-refractivity contribution in [2.24, 2.45) is 0 Å². The molecule has 0 saturated carbocycles. The number of carbonyl (C=O) groups is 3. The zero-order valence-corrected chi connectivity index (χ0v) is 17.5. The van der Waals surface area contributed by atoms with Gasteiger partial charge in [-0.15, -0.1) is 0 Å². The van der Waals surface area contributed by atoms with Crippen LogP contribution in [0.2, 0.25) is 0 Å². The van der Waals surface area contributed by atoms with E-state index in [1.165, 1.54) is 0 Å². The topological polar surface area (TPSA) is 93.1 Å². The van der Waals surface area contributed by atoms with Gasteiger partial charge in [0, 0.05) is 0 Å². The van der Waals surface area contributed by atoms with Gasteiger partial charge in [-0.25, -0.2) is 4.79 Å². The van der Waals surface area contributed by atoms with Crippen molar-refractivity contribution in [3.05, 3.63) is 64.6 Å². The van der Waals surface area contributed by atoms with E-state index in [-0.39, 0.29) is 10.1 Å². The molecule has 9 heteroatoms. The van der Waals surface area contributed by atoms with Crippen LogP contribution in [0.5, 0.6) is 11.5 Å². The summed E-state index contributed by atoms with van der Waals surface area (Å²) in [5.41, 5.74) is 1.03. The highest BCUT2D eigenvalue weighted by atomic mass is 32.2. The van der Waals surface area contributed by atoms with Crippen LogP contribution in [-0.4, -0.2) is 45.3 Å². The average molecular weight is 444 g/mol. The molecule has 0 bridgehead atoms. The van der Waals surface area contributed by atoms with Crippen molar-refractivity contribution >= 4 is 52.2 Å². The van der Waals surface area contributed by atoms with Crippen molar-refractivity contribution in [2.75, 3.05) is 13.2 Å². The molecule has 154 valence electrons. The lowest BCUT2D eigenvalue weighted by Gasteiger charge is -2.12. The molecule has 30 heavy (non-hydrogen) atoms. The highest BCUT2D eigenvalue weighted by molar-refractivity contribution is 8.26. The second kappa shape index (κ2) is 9.55. The summed E-state index contributed by atoms with van der Waals surface area (Å²) in [4.78, 5) is 37.0.